The van der Waals surface area contributed by atoms with Gasteiger partial charge in [-0.2, -0.15) is 13.2 Å². The molecular formula is C15H20F3NO3. The van der Waals surface area contributed by atoms with Crippen molar-refractivity contribution in [3.05, 3.63) is 29.8 Å². The number of aliphatic hydroxyl groups is 1. The van der Waals surface area contributed by atoms with Crippen LogP contribution in [0.2, 0.25) is 0 Å². The van der Waals surface area contributed by atoms with Gasteiger partial charge in [0.1, 0.15) is 5.75 Å². The monoisotopic (exact) mass is 319 g/mol. The Morgan fingerprint density at radius 1 is 1.32 bits per heavy atom. The molecule has 4 nitrogen and oxygen atoms in total. The Hall–Kier alpha value is -1.31. The van der Waals surface area contributed by atoms with Crippen molar-refractivity contribution in [2.24, 2.45) is 11.7 Å². The van der Waals surface area contributed by atoms with Crippen molar-refractivity contribution in [2.45, 2.75) is 24.6 Å². The molecule has 1 unspecified atom stereocenters. The number of hydrogen-bond acceptors (Lipinski definition) is 4. The lowest BCUT2D eigenvalue weighted by Gasteiger charge is -2.28. The van der Waals surface area contributed by atoms with Gasteiger partial charge in [0.05, 0.1) is 32.0 Å². The zero-order valence-corrected chi connectivity index (χ0v) is 12.1. The molecule has 7 heteroatoms. The lowest BCUT2D eigenvalue weighted by Crippen LogP contribution is -2.45. The molecule has 0 aliphatic carbocycles. The molecule has 1 fully saturated rings. The van der Waals surface area contributed by atoms with E-state index in [9.17, 15) is 18.3 Å². The van der Waals surface area contributed by atoms with Crippen molar-refractivity contribution in [3.8, 4) is 5.75 Å². The minimum atomic E-state index is -4.15. The Morgan fingerprint density at radius 3 is 2.59 bits per heavy atom. The molecule has 1 aromatic rings. The number of hydrogen-bond donors (Lipinski definition) is 2. The molecule has 0 radical (unpaired) electrons. The number of ether oxygens (including phenoxy) is 2. The van der Waals surface area contributed by atoms with Crippen LogP contribution in [0.4, 0.5) is 13.2 Å². The smallest absolute Gasteiger partial charge is 0.389 e. The Kier molecular flexibility index (Phi) is 5.31. The van der Waals surface area contributed by atoms with Gasteiger partial charge < -0.3 is 20.3 Å². The van der Waals surface area contributed by atoms with Gasteiger partial charge in [0, 0.05) is 12.3 Å². The van der Waals surface area contributed by atoms with Crippen molar-refractivity contribution in [1.29, 1.82) is 0 Å². The SMILES string of the molecule is N[C@@]1(c2ccc(OCCCC(F)(F)F)cc2)COCC1CO. The first kappa shape index (κ1) is 17.1. The first-order chi connectivity index (χ1) is 10.3. The number of nitrogens with two attached hydrogens (primary N) is 1. The third kappa shape index (κ3) is 4.12. The van der Waals surface area contributed by atoms with Gasteiger partial charge in [-0.15, -0.1) is 0 Å². The van der Waals surface area contributed by atoms with Gasteiger partial charge in [-0.25, -0.2) is 0 Å². The molecule has 1 heterocycles. The lowest BCUT2D eigenvalue weighted by molar-refractivity contribution is -0.136. The van der Waals surface area contributed by atoms with Crippen LogP contribution in [0.25, 0.3) is 0 Å². The van der Waals surface area contributed by atoms with Gasteiger partial charge in [-0.1, -0.05) is 12.1 Å². The summed E-state index contributed by atoms with van der Waals surface area (Å²) in [5, 5.41) is 9.35. The molecule has 0 bridgehead atoms. The Balaban J connectivity index is 1.90. The molecule has 3 N–H and O–H groups in total. The number of halogens is 3. The highest BCUT2D eigenvalue weighted by atomic mass is 19.4. The molecule has 1 aromatic carbocycles. The molecule has 22 heavy (non-hydrogen) atoms. The highest BCUT2D eigenvalue weighted by molar-refractivity contribution is 5.33. The molecule has 0 amide bonds. The minimum Gasteiger partial charge on any atom is -0.494 e. The number of alkyl halides is 3. The maximum absolute atomic E-state index is 12.0. The highest BCUT2D eigenvalue weighted by Crippen LogP contribution is 2.33. The van der Waals surface area contributed by atoms with E-state index in [4.69, 9.17) is 15.2 Å². The largest absolute Gasteiger partial charge is 0.494 e. The summed E-state index contributed by atoms with van der Waals surface area (Å²) in [5.41, 5.74) is 6.37. The van der Waals surface area contributed by atoms with Crippen LogP contribution in [0, 0.1) is 5.92 Å². The van der Waals surface area contributed by atoms with Crippen molar-refractivity contribution in [1.82, 2.24) is 0 Å². The van der Waals surface area contributed by atoms with Crippen LogP contribution < -0.4 is 10.5 Å². The topological polar surface area (TPSA) is 64.7 Å². The average Bonchev–Trinajstić information content (AvgIpc) is 2.85. The number of benzene rings is 1. The van der Waals surface area contributed by atoms with Crippen molar-refractivity contribution in [2.75, 3.05) is 26.4 Å². The fraction of sp³-hybridized carbons (Fsp3) is 0.600. The second-order valence-electron chi connectivity index (χ2n) is 5.53. The number of rotatable bonds is 6. The van der Waals surface area contributed by atoms with Crippen molar-refractivity contribution < 1.29 is 27.8 Å². The molecule has 1 saturated heterocycles. The second kappa shape index (κ2) is 6.85. The lowest BCUT2D eigenvalue weighted by atomic mass is 9.82. The summed E-state index contributed by atoms with van der Waals surface area (Å²) in [6, 6.07) is 6.86. The summed E-state index contributed by atoms with van der Waals surface area (Å²) in [4.78, 5) is 0. The molecule has 0 saturated carbocycles. The van der Waals surface area contributed by atoms with Gasteiger partial charge in [-0.3, -0.25) is 0 Å². The summed E-state index contributed by atoms with van der Waals surface area (Å²) in [6.07, 6.45) is -5.08. The Bertz CT molecular complexity index is 478. The van der Waals surface area contributed by atoms with E-state index in [2.05, 4.69) is 0 Å². The standard InChI is InChI=1S/C15H20F3NO3/c16-15(17,18)6-1-7-22-13-4-2-11(3-5-13)14(19)10-21-9-12(14)8-20/h2-5,12,20H,1,6-10,19H2/t12?,14-/m1/s1. The maximum atomic E-state index is 12.0. The third-order valence-electron chi connectivity index (χ3n) is 3.87. The molecule has 0 spiro atoms. The van der Waals surface area contributed by atoms with Crippen LogP contribution in [-0.4, -0.2) is 37.7 Å². The van der Waals surface area contributed by atoms with Crippen molar-refractivity contribution in [3.63, 3.8) is 0 Å². The van der Waals surface area contributed by atoms with Crippen LogP contribution in [0.3, 0.4) is 0 Å². The van der Waals surface area contributed by atoms with Gasteiger partial charge in [0.25, 0.3) is 0 Å². The average molecular weight is 319 g/mol. The number of aliphatic hydroxyl groups excluding tert-OH is 1. The summed E-state index contributed by atoms with van der Waals surface area (Å²) < 4.78 is 46.7. The molecular weight excluding hydrogens is 299 g/mol. The van der Waals surface area contributed by atoms with E-state index in [1.807, 2.05) is 0 Å². The summed E-state index contributed by atoms with van der Waals surface area (Å²) in [6.45, 7) is 0.675. The second-order valence-corrected chi connectivity index (χ2v) is 5.53. The van der Waals surface area contributed by atoms with E-state index in [0.29, 0.717) is 19.0 Å². The van der Waals surface area contributed by atoms with E-state index >= 15 is 0 Å². The van der Waals surface area contributed by atoms with Crippen LogP contribution in [-0.2, 0) is 10.3 Å². The quantitative estimate of drug-likeness (QED) is 0.789. The van der Waals surface area contributed by atoms with Crippen molar-refractivity contribution >= 4 is 0 Å². The summed E-state index contributed by atoms with van der Waals surface area (Å²) in [5.74, 6) is 0.319. The summed E-state index contributed by atoms with van der Waals surface area (Å²) >= 11 is 0. The van der Waals surface area contributed by atoms with Crippen LogP contribution in [0.15, 0.2) is 24.3 Å². The molecule has 2 rings (SSSR count). The third-order valence-corrected chi connectivity index (χ3v) is 3.87. The maximum Gasteiger partial charge on any atom is 0.389 e. The predicted octanol–water partition coefficient (Wildman–Crippen LogP) is 2.20. The van der Waals surface area contributed by atoms with Gasteiger partial charge in [0.15, 0.2) is 0 Å². The first-order valence-corrected chi connectivity index (χ1v) is 7.13. The van der Waals surface area contributed by atoms with E-state index in [1.165, 1.54) is 0 Å². The van der Waals surface area contributed by atoms with Crippen LogP contribution >= 0.6 is 0 Å². The van der Waals surface area contributed by atoms with Crippen LogP contribution in [0.1, 0.15) is 18.4 Å². The van der Waals surface area contributed by atoms with Gasteiger partial charge in [0.2, 0.25) is 0 Å². The fourth-order valence-electron chi connectivity index (χ4n) is 2.50. The van der Waals surface area contributed by atoms with Gasteiger partial charge in [-0.05, 0) is 24.1 Å². The van der Waals surface area contributed by atoms with E-state index in [1.54, 1.807) is 24.3 Å². The minimum absolute atomic E-state index is 0.00893. The van der Waals surface area contributed by atoms with Gasteiger partial charge >= 0.3 is 6.18 Å². The highest BCUT2D eigenvalue weighted by Gasteiger charge is 2.41. The zero-order valence-electron chi connectivity index (χ0n) is 12.1. The molecule has 2 atom stereocenters. The normalized spacial score (nSPS) is 25.4. The Labute approximate surface area is 127 Å². The zero-order chi connectivity index (χ0) is 16.2. The molecule has 1 aliphatic heterocycles. The predicted molar refractivity (Wildman–Crippen MR) is 74.5 cm³/mol. The van der Waals surface area contributed by atoms with E-state index in [-0.39, 0.29) is 25.6 Å². The van der Waals surface area contributed by atoms with Crippen LogP contribution in [0.5, 0.6) is 5.75 Å². The van der Waals surface area contributed by atoms with E-state index < -0.39 is 18.1 Å². The molecule has 124 valence electrons. The fourth-order valence-corrected chi connectivity index (χ4v) is 2.50. The van der Waals surface area contributed by atoms with E-state index in [0.717, 1.165) is 5.56 Å². The first-order valence-electron chi connectivity index (χ1n) is 7.13. The summed E-state index contributed by atoms with van der Waals surface area (Å²) in [7, 11) is 0. The molecule has 1 aliphatic rings. The molecule has 0 aromatic heterocycles. The Morgan fingerprint density at radius 2 is 2.00 bits per heavy atom.